The van der Waals surface area contributed by atoms with Crippen molar-refractivity contribution in [3.8, 4) is 0 Å². The molecule has 1 fully saturated rings. The van der Waals surface area contributed by atoms with Gasteiger partial charge in [0.1, 0.15) is 0 Å². The summed E-state index contributed by atoms with van der Waals surface area (Å²) >= 11 is 0. The van der Waals surface area contributed by atoms with E-state index in [1.807, 2.05) is 24.3 Å². The Kier molecular flexibility index (Phi) is 5.56. The lowest BCUT2D eigenvalue weighted by Crippen LogP contribution is -2.39. The average molecular weight is 275 g/mol. The van der Waals surface area contributed by atoms with Gasteiger partial charge in [0.25, 0.3) is 0 Å². The van der Waals surface area contributed by atoms with Gasteiger partial charge < -0.3 is 11.1 Å². The summed E-state index contributed by atoms with van der Waals surface area (Å²) in [5.74, 6) is 0.896. The number of nitrogens with two attached hydrogens (primary N) is 1. The van der Waals surface area contributed by atoms with Crippen LogP contribution in [-0.2, 0) is 11.3 Å². The van der Waals surface area contributed by atoms with E-state index in [-0.39, 0.29) is 5.91 Å². The molecule has 110 valence electrons. The standard InChI is InChI=1S/C16H25N3O/c1-2-13-7-9-19(10-8-13)12-16(20)18-15-6-4-3-5-14(15)11-17/h3-6,13H,2,7-12,17H2,1H3,(H,18,20). The van der Waals surface area contributed by atoms with Crippen LogP contribution in [0.4, 0.5) is 5.69 Å². The normalized spacial score (nSPS) is 17.1. The van der Waals surface area contributed by atoms with Crippen molar-refractivity contribution in [3.63, 3.8) is 0 Å². The molecule has 4 heteroatoms. The van der Waals surface area contributed by atoms with Gasteiger partial charge in [0.15, 0.2) is 0 Å². The molecule has 1 aliphatic heterocycles. The Hall–Kier alpha value is -1.39. The zero-order chi connectivity index (χ0) is 14.4. The Morgan fingerprint density at radius 2 is 2.05 bits per heavy atom. The third kappa shape index (κ3) is 4.05. The van der Waals surface area contributed by atoms with Gasteiger partial charge in [-0.3, -0.25) is 9.69 Å². The van der Waals surface area contributed by atoms with Crippen LogP contribution in [0.5, 0.6) is 0 Å². The van der Waals surface area contributed by atoms with Gasteiger partial charge in [-0.25, -0.2) is 0 Å². The summed E-state index contributed by atoms with van der Waals surface area (Å²) in [5.41, 5.74) is 7.49. The zero-order valence-corrected chi connectivity index (χ0v) is 12.3. The number of amides is 1. The van der Waals surface area contributed by atoms with Crippen LogP contribution >= 0.6 is 0 Å². The summed E-state index contributed by atoms with van der Waals surface area (Å²) in [6.07, 6.45) is 3.68. The predicted molar refractivity (Wildman–Crippen MR) is 82.4 cm³/mol. The van der Waals surface area contributed by atoms with E-state index in [0.29, 0.717) is 13.1 Å². The molecule has 1 heterocycles. The van der Waals surface area contributed by atoms with E-state index in [2.05, 4.69) is 17.1 Å². The van der Waals surface area contributed by atoms with E-state index in [9.17, 15) is 4.79 Å². The van der Waals surface area contributed by atoms with Gasteiger partial charge in [-0.05, 0) is 43.5 Å². The summed E-state index contributed by atoms with van der Waals surface area (Å²) in [5, 5.41) is 2.97. The predicted octanol–water partition coefficient (Wildman–Crippen LogP) is 2.21. The van der Waals surface area contributed by atoms with Gasteiger partial charge in [-0.2, -0.15) is 0 Å². The van der Waals surface area contributed by atoms with Crippen molar-refractivity contribution in [2.75, 3.05) is 25.0 Å². The molecule has 2 rings (SSSR count). The van der Waals surface area contributed by atoms with Crippen LogP contribution in [0.25, 0.3) is 0 Å². The Bertz CT molecular complexity index is 439. The minimum atomic E-state index is 0.0563. The highest BCUT2D eigenvalue weighted by Gasteiger charge is 2.19. The number of hydrogen-bond donors (Lipinski definition) is 2. The van der Waals surface area contributed by atoms with Gasteiger partial charge in [-0.15, -0.1) is 0 Å². The first kappa shape index (κ1) is 15.0. The lowest BCUT2D eigenvalue weighted by molar-refractivity contribution is -0.117. The van der Waals surface area contributed by atoms with Gasteiger partial charge in [0.2, 0.25) is 5.91 Å². The van der Waals surface area contributed by atoms with E-state index in [1.165, 1.54) is 19.3 Å². The molecule has 0 aliphatic carbocycles. The quantitative estimate of drug-likeness (QED) is 0.866. The number of carbonyl (C=O) groups is 1. The number of benzene rings is 1. The number of piperidine rings is 1. The third-order valence-electron chi connectivity index (χ3n) is 4.16. The molecular formula is C16H25N3O. The molecular weight excluding hydrogens is 250 g/mol. The van der Waals surface area contributed by atoms with Crippen molar-refractivity contribution in [1.29, 1.82) is 0 Å². The SMILES string of the molecule is CCC1CCN(CC(=O)Nc2ccccc2CN)CC1. The fraction of sp³-hybridized carbons (Fsp3) is 0.562. The number of rotatable bonds is 5. The monoisotopic (exact) mass is 275 g/mol. The molecule has 0 spiro atoms. The molecule has 1 aliphatic rings. The molecule has 1 aromatic rings. The highest BCUT2D eigenvalue weighted by Crippen LogP contribution is 2.20. The maximum absolute atomic E-state index is 12.1. The van der Waals surface area contributed by atoms with Crippen LogP contribution in [0.15, 0.2) is 24.3 Å². The van der Waals surface area contributed by atoms with Crippen molar-refractivity contribution >= 4 is 11.6 Å². The highest BCUT2D eigenvalue weighted by atomic mass is 16.2. The van der Waals surface area contributed by atoms with Crippen LogP contribution in [0.3, 0.4) is 0 Å². The molecule has 0 saturated carbocycles. The van der Waals surface area contributed by atoms with Crippen molar-refractivity contribution in [1.82, 2.24) is 4.90 Å². The minimum absolute atomic E-state index is 0.0563. The van der Waals surface area contributed by atoms with E-state index in [1.54, 1.807) is 0 Å². The van der Waals surface area contributed by atoms with Crippen LogP contribution in [0.2, 0.25) is 0 Å². The third-order valence-corrected chi connectivity index (χ3v) is 4.16. The highest BCUT2D eigenvalue weighted by molar-refractivity contribution is 5.93. The summed E-state index contributed by atoms with van der Waals surface area (Å²) in [7, 11) is 0. The van der Waals surface area contributed by atoms with Gasteiger partial charge in [0, 0.05) is 12.2 Å². The first-order valence-electron chi connectivity index (χ1n) is 7.53. The second-order valence-electron chi connectivity index (χ2n) is 5.54. The van der Waals surface area contributed by atoms with E-state index in [0.717, 1.165) is 30.3 Å². The largest absolute Gasteiger partial charge is 0.326 e. The average Bonchev–Trinajstić information content (AvgIpc) is 2.48. The number of carbonyl (C=O) groups excluding carboxylic acids is 1. The van der Waals surface area contributed by atoms with Crippen molar-refractivity contribution in [3.05, 3.63) is 29.8 Å². The second kappa shape index (κ2) is 7.41. The Balaban J connectivity index is 1.84. The van der Waals surface area contributed by atoms with Crippen molar-refractivity contribution in [2.45, 2.75) is 32.7 Å². The van der Waals surface area contributed by atoms with Crippen molar-refractivity contribution in [2.24, 2.45) is 11.7 Å². The first-order valence-corrected chi connectivity index (χ1v) is 7.53. The summed E-state index contributed by atoms with van der Waals surface area (Å²) in [6, 6.07) is 7.71. The maximum Gasteiger partial charge on any atom is 0.238 e. The smallest absolute Gasteiger partial charge is 0.238 e. The lowest BCUT2D eigenvalue weighted by Gasteiger charge is -2.30. The minimum Gasteiger partial charge on any atom is -0.326 e. The maximum atomic E-state index is 12.1. The summed E-state index contributed by atoms with van der Waals surface area (Å²) in [4.78, 5) is 14.3. The number of nitrogens with zero attached hydrogens (tertiary/aromatic N) is 1. The molecule has 1 aromatic carbocycles. The zero-order valence-electron chi connectivity index (χ0n) is 12.3. The Labute approximate surface area is 121 Å². The number of nitrogens with one attached hydrogen (secondary N) is 1. The second-order valence-corrected chi connectivity index (χ2v) is 5.54. The number of para-hydroxylation sites is 1. The number of likely N-dealkylation sites (tertiary alicyclic amines) is 1. The molecule has 1 amide bonds. The van der Waals surface area contributed by atoms with Crippen LogP contribution in [0, 0.1) is 5.92 Å². The molecule has 3 N–H and O–H groups in total. The van der Waals surface area contributed by atoms with E-state index in [4.69, 9.17) is 5.73 Å². The molecule has 0 radical (unpaired) electrons. The van der Waals surface area contributed by atoms with Gasteiger partial charge in [-0.1, -0.05) is 31.5 Å². The van der Waals surface area contributed by atoms with Crippen molar-refractivity contribution < 1.29 is 4.79 Å². The molecule has 4 nitrogen and oxygen atoms in total. The Morgan fingerprint density at radius 1 is 1.35 bits per heavy atom. The first-order chi connectivity index (χ1) is 9.72. The number of hydrogen-bond acceptors (Lipinski definition) is 3. The van der Waals surface area contributed by atoms with Crippen LogP contribution < -0.4 is 11.1 Å². The molecule has 20 heavy (non-hydrogen) atoms. The topological polar surface area (TPSA) is 58.4 Å². The molecule has 0 unspecified atom stereocenters. The fourth-order valence-electron chi connectivity index (χ4n) is 2.77. The lowest BCUT2D eigenvalue weighted by atomic mass is 9.94. The van der Waals surface area contributed by atoms with E-state index >= 15 is 0 Å². The van der Waals surface area contributed by atoms with Gasteiger partial charge in [0.05, 0.1) is 6.54 Å². The summed E-state index contributed by atoms with van der Waals surface area (Å²) in [6.45, 7) is 5.24. The molecule has 0 aromatic heterocycles. The molecule has 0 bridgehead atoms. The Morgan fingerprint density at radius 3 is 2.70 bits per heavy atom. The van der Waals surface area contributed by atoms with Crippen LogP contribution in [0.1, 0.15) is 31.7 Å². The molecule has 1 saturated heterocycles. The summed E-state index contributed by atoms with van der Waals surface area (Å²) < 4.78 is 0. The number of anilines is 1. The molecule has 0 atom stereocenters. The van der Waals surface area contributed by atoms with E-state index < -0.39 is 0 Å². The fourth-order valence-corrected chi connectivity index (χ4v) is 2.77. The van der Waals surface area contributed by atoms with Crippen LogP contribution in [-0.4, -0.2) is 30.4 Å². The van der Waals surface area contributed by atoms with Gasteiger partial charge >= 0.3 is 0 Å².